The number of rotatable bonds is 4. The molecule has 2 nitrogen and oxygen atoms in total. The van der Waals surface area contributed by atoms with E-state index in [0.717, 1.165) is 12.0 Å². The van der Waals surface area contributed by atoms with Crippen molar-refractivity contribution in [1.29, 1.82) is 0 Å². The van der Waals surface area contributed by atoms with Crippen molar-refractivity contribution in [1.82, 2.24) is 10.3 Å². The van der Waals surface area contributed by atoms with Gasteiger partial charge in [-0.2, -0.15) is 0 Å². The fourth-order valence-corrected chi connectivity index (χ4v) is 1.56. The monoisotopic (exact) mass is 196 g/mol. The molecule has 0 aromatic carbocycles. The van der Waals surface area contributed by atoms with E-state index in [1.54, 1.807) is 12.3 Å². The summed E-state index contributed by atoms with van der Waals surface area (Å²) in [5.74, 6) is 0.0174. The first-order valence-corrected chi connectivity index (χ1v) is 4.91. The summed E-state index contributed by atoms with van der Waals surface area (Å²) in [6.07, 6.45) is 3.84. The van der Waals surface area contributed by atoms with Gasteiger partial charge in [-0.3, -0.25) is 4.98 Å². The van der Waals surface area contributed by atoms with E-state index in [1.807, 2.05) is 14.0 Å². The van der Waals surface area contributed by atoms with E-state index >= 15 is 0 Å². The highest BCUT2D eigenvalue weighted by atomic mass is 19.1. The van der Waals surface area contributed by atoms with Crippen LogP contribution in [0.25, 0.3) is 0 Å². The Bertz CT molecular complexity index is 288. The maximum absolute atomic E-state index is 13.3. The van der Waals surface area contributed by atoms with Gasteiger partial charge in [0.1, 0.15) is 5.82 Å². The Morgan fingerprint density at radius 2 is 2.21 bits per heavy atom. The molecular weight excluding hydrogens is 179 g/mol. The Morgan fingerprint density at radius 3 is 2.79 bits per heavy atom. The third-order valence-electron chi connectivity index (χ3n) is 2.53. The smallest absolute Gasteiger partial charge is 0.144 e. The summed E-state index contributed by atoms with van der Waals surface area (Å²) >= 11 is 0. The van der Waals surface area contributed by atoms with Crippen molar-refractivity contribution < 1.29 is 4.39 Å². The lowest BCUT2D eigenvalue weighted by Gasteiger charge is -2.17. The molecule has 0 aliphatic heterocycles. The summed E-state index contributed by atoms with van der Waals surface area (Å²) in [5, 5.41) is 3.15. The second-order valence-corrected chi connectivity index (χ2v) is 3.72. The Hall–Kier alpha value is -0.960. The lowest BCUT2D eigenvalue weighted by atomic mass is 9.95. The van der Waals surface area contributed by atoms with Crippen molar-refractivity contribution in [3.05, 3.63) is 29.8 Å². The molecule has 1 rings (SSSR count). The molecule has 0 aliphatic carbocycles. The van der Waals surface area contributed by atoms with E-state index in [4.69, 9.17) is 0 Å². The summed E-state index contributed by atoms with van der Waals surface area (Å²) in [5.41, 5.74) is 0.752. The summed E-state index contributed by atoms with van der Waals surface area (Å²) in [6.45, 7) is 4.13. The summed E-state index contributed by atoms with van der Waals surface area (Å²) in [6, 6.07) is 2.15. The topological polar surface area (TPSA) is 24.9 Å². The van der Waals surface area contributed by atoms with Crippen molar-refractivity contribution in [2.75, 3.05) is 7.05 Å². The highest BCUT2D eigenvalue weighted by molar-refractivity contribution is 5.17. The quantitative estimate of drug-likeness (QED) is 0.799. The normalized spacial score (nSPS) is 15.1. The number of nitrogens with one attached hydrogen (secondary N) is 1. The largest absolute Gasteiger partial charge is 0.317 e. The van der Waals surface area contributed by atoms with Gasteiger partial charge in [0.05, 0.1) is 6.20 Å². The molecule has 2 unspecified atom stereocenters. The SMILES string of the molecule is CNC(C)CC(C)c1ccncc1F. The summed E-state index contributed by atoms with van der Waals surface area (Å²) < 4.78 is 13.3. The molecule has 2 atom stereocenters. The average Bonchev–Trinajstić information content (AvgIpc) is 2.18. The Morgan fingerprint density at radius 1 is 1.50 bits per heavy atom. The minimum atomic E-state index is -0.205. The molecule has 1 aromatic rings. The van der Waals surface area contributed by atoms with Crippen LogP contribution in [0.15, 0.2) is 18.5 Å². The van der Waals surface area contributed by atoms with E-state index in [1.165, 1.54) is 6.20 Å². The van der Waals surface area contributed by atoms with E-state index in [9.17, 15) is 4.39 Å². The maximum Gasteiger partial charge on any atom is 0.144 e. The molecule has 0 saturated carbocycles. The molecule has 3 heteroatoms. The van der Waals surface area contributed by atoms with Crippen molar-refractivity contribution in [3.8, 4) is 0 Å². The second kappa shape index (κ2) is 5.05. The minimum absolute atomic E-state index is 0.205. The van der Waals surface area contributed by atoms with Gasteiger partial charge in [-0.05, 0) is 37.9 Å². The van der Waals surface area contributed by atoms with Crippen molar-refractivity contribution in [2.45, 2.75) is 32.2 Å². The van der Waals surface area contributed by atoms with Crippen LogP contribution in [0.1, 0.15) is 31.7 Å². The summed E-state index contributed by atoms with van der Waals surface area (Å²) in [7, 11) is 1.92. The van der Waals surface area contributed by atoms with Gasteiger partial charge in [0, 0.05) is 12.2 Å². The number of halogens is 1. The fraction of sp³-hybridized carbons (Fsp3) is 0.545. The van der Waals surface area contributed by atoms with Crippen LogP contribution in [-0.2, 0) is 0 Å². The van der Waals surface area contributed by atoms with E-state index in [2.05, 4.69) is 17.2 Å². The predicted octanol–water partition coefficient (Wildman–Crippen LogP) is 2.32. The third kappa shape index (κ3) is 2.77. The zero-order chi connectivity index (χ0) is 10.6. The molecular formula is C11H17FN2. The first kappa shape index (κ1) is 11.1. The third-order valence-corrected chi connectivity index (χ3v) is 2.53. The second-order valence-electron chi connectivity index (χ2n) is 3.72. The van der Waals surface area contributed by atoms with Gasteiger partial charge < -0.3 is 5.32 Å². The van der Waals surface area contributed by atoms with Gasteiger partial charge >= 0.3 is 0 Å². The highest BCUT2D eigenvalue weighted by Crippen LogP contribution is 2.22. The molecule has 0 radical (unpaired) electrons. The number of aromatic nitrogens is 1. The van der Waals surface area contributed by atoms with Gasteiger partial charge in [-0.25, -0.2) is 4.39 Å². The summed E-state index contributed by atoms with van der Waals surface area (Å²) in [4.78, 5) is 3.74. The van der Waals surface area contributed by atoms with Crippen LogP contribution in [0, 0.1) is 5.82 Å². The van der Waals surface area contributed by atoms with Crippen molar-refractivity contribution in [2.24, 2.45) is 0 Å². The van der Waals surface area contributed by atoms with Crippen LogP contribution in [0.3, 0.4) is 0 Å². The fourth-order valence-electron chi connectivity index (χ4n) is 1.56. The molecule has 1 aromatic heterocycles. The van der Waals surface area contributed by atoms with Crippen molar-refractivity contribution >= 4 is 0 Å². The van der Waals surface area contributed by atoms with Crippen LogP contribution in [0.5, 0.6) is 0 Å². The van der Waals surface area contributed by atoms with Crippen LogP contribution >= 0.6 is 0 Å². The van der Waals surface area contributed by atoms with Gasteiger partial charge in [0.25, 0.3) is 0 Å². The standard InChI is InChI=1S/C11H17FN2/c1-8(6-9(2)13-3)10-4-5-14-7-11(10)12/h4-5,7-9,13H,6H2,1-3H3. The first-order valence-electron chi connectivity index (χ1n) is 4.91. The maximum atomic E-state index is 13.3. The first-order chi connectivity index (χ1) is 6.65. The van der Waals surface area contributed by atoms with E-state index in [-0.39, 0.29) is 11.7 Å². The number of hydrogen-bond donors (Lipinski definition) is 1. The van der Waals surface area contributed by atoms with Crippen LogP contribution in [0.2, 0.25) is 0 Å². The Balaban J connectivity index is 2.69. The van der Waals surface area contributed by atoms with E-state index in [0.29, 0.717) is 6.04 Å². The molecule has 0 aliphatic rings. The van der Waals surface area contributed by atoms with Gasteiger partial charge in [-0.15, -0.1) is 0 Å². The Labute approximate surface area is 84.6 Å². The number of hydrogen-bond acceptors (Lipinski definition) is 2. The molecule has 0 spiro atoms. The molecule has 0 fully saturated rings. The predicted molar refractivity (Wildman–Crippen MR) is 55.7 cm³/mol. The molecule has 78 valence electrons. The highest BCUT2D eigenvalue weighted by Gasteiger charge is 2.12. The zero-order valence-corrected chi connectivity index (χ0v) is 8.92. The van der Waals surface area contributed by atoms with Gasteiger partial charge in [0.2, 0.25) is 0 Å². The molecule has 14 heavy (non-hydrogen) atoms. The zero-order valence-electron chi connectivity index (χ0n) is 8.92. The lowest BCUT2D eigenvalue weighted by Crippen LogP contribution is -2.23. The van der Waals surface area contributed by atoms with Crippen LogP contribution in [0.4, 0.5) is 4.39 Å². The molecule has 1 heterocycles. The molecule has 0 amide bonds. The molecule has 1 N–H and O–H groups in total. The van der Waals surface area contributed by atoms with Crippen LogP contribution in [-0.4, -0.2) is 18.1 Å². The lowest BCUT2D eigenvalue weighted by molar-refractivity contribution is 0.496. The Kier molecular flexibility index (Phi) is 4.01. The van der Waals surface area contributed by atoms with Crippen molar-refractivity contribution in [3.63, 3.8) is 0 Å². The molecule has 0 saturated heterocycles. The van der Waals surface area contributed by atoms with Gasteiger partial charge in [0.15, 0.2) is 0 Å². The number of nitrogens with zero attached hydrogens (tertiary/aromatic N) is 1. The number of pyridine rings is 1. The minimum Gasteiger partial charge on any atom is -0.317 e. The van der Waals surface area contributed by atoms with Gasteiger partial charge in [-0.1, -0.05) is 6.92 Å². The molecule has 0 bridgehead atoms. The van der Waals surface area contributed by atoms with E-state index < -0.39 is 0 Å². The average molecular weight is 196 g/mol. The van der Waals surface area contributed by atoms with Crippen LogP contribution < -0.4 is 5.32 Å².